The Labute approximate surface area is 412 Å². The lowest BCUT2D eigenvalue weighted by Crippen LogP contribution is -2.58. The van der Waals surface area contributed by atoms with Crippen LogP contribution in [-0.2, 0) is 62.3 Å². The summed E-state index contributed by atoms with van der Waals surface area (Å²) in [6, 6.07) is 0. The third-order valence-corrected chi connectivity index (χ3v) is 12.5. The Kier molecular flexibility index (Phi) is 26.6. The van der Waals surface area contributed by atoms with Gasteiger partial charge in [-0.15, -0.1) is 0 Å². The summed E-state index contributed by atoms with van der Waals surface area (Å²) in [7, 11) is 0. The zero-order valence-electron chi connectivity index (χ0n) is 39.7. The van der Waals surface area contributed by atoms with Crippen LogP contribution in [-0.4, -0.2) is 152 Å². The van der Waals surface area contributed by atoms with Crippen molar-refractivity contribution < 1.29 is 108 Å². The molecule has 0 saturated heterocycles. The summed E-state index contributed by atoms with van der Waals surface area (Å²) in [5.74, 6) is -15.9. The Balaban J connectivity index is 4.03. The van der Waals surface area contributed by atoms with Crippen molar-refractivity contribution in [1.82, 2.24) is 21.3 Å². The molecule has 1 aliphatic rings. The van der Waals surface area contributed by atoms with Crippen molar-refractivity contribution in [1.29, 1.82) is 0 Å². The molecule has 0 aliphatic heterocycles. The number of allylic oxidation sites excluding steroid dienone is 3. The van der Waals surface area contributed by atoms with Crippen molar-refractivity contribution in [2.75, 3.05) is 6.54 Å². The average Bonchev–Trinajstić information content (AvgIpc) is 3.84. The minimum atomic E-state index is -2.28. The highest BCUT2D eigenvalue weighted by molar-refractivity contribution is 6.00. The number of carbonyl (C=O) groups excluding carboxylic acids is 4. The molecule has 0 saturated carbocycles. The molecule has 0 aromatic rings. The Morgan fingerprint density at radius 1 is 0.375 bits per heavy atom. The summed E-state index contributed by atoms with van der Waals surface area (Å²) in [6.07, 6.45) is -8.12. The van der Waals surface area contributed by atoms with Crippen LogP contribution >= 0.6 is 0 Å². The lowest BCUT2D eigenvalue weighted by molar-refractivity contribution is -0.141. The molecule has 13 N–H and O–H groups in total. The highest BCUT2D eigenvalue weighted by Crippen LogP contribution is 2.32. The van der Waals surface area contributed by atoms with E-state index in [9.17, 15) is 108 Å². The second-order valence-electron chi connectivity index (χ2n) is 17.9. The van der Waals surface area contributed by atoms with Crippen molar-refractivity contribution in [2.24, 2.45) is 0 Å². The van der Waals surface area contributed by atoms with Crippen LogP contribution in [0.5, 0.6) is 0 Å². The van der Waals surface area contributed by atoms with Gasteiger partial charge in [0.1, 0.15) is 0 Å². The molecule has 0 aromatic carbocycles. The van der Waals surface area contributed by atoms with Gasteiger partial charge in [0.2, 0.25) is 17.7 Å². The van der Waals surface area contributed by atoms with Crippen molar-refractivity contribution in [3.8, 4) is 0 Å². The summed E-state index contributed by atoms with van der Waals surface area (Å²) in [4.78, 5) is 162. The Morgan fingerprint density at radius 2 is 0.667 bits per heavy atom. The lowest BCUT2D eigenvalue weighted by atomic mass is 9.79. The fourth-order valence-corrected chi connectivity index (χ4v) is 8.44. The molecule has 0 spiro atoms. The maximum absolute atomic E-state index is 14.9. The quantitative estimate of drug-likeness (QED) is 0.0416. The van der Waals surface area contributed by atoms with Crippen molar-refractivity contribution in [3.05, 3.63) is 23.8 Å². The first-order valence-corrected chi connectivity index (χ1v) is 23.1. The molecule has 0 unspecified atom stereocenters. The van der Waals surface area contributed by atoms with Crippen molar-refractivity contribution in [2.45, 2.75) is 176 Å². The van der Waals surface area contributed by atoms with Gasteiger partial charge in [-0.1, -0.05) is 18.2 Å². The first kappa shape index (κ1) is 62.8. The van der Waals surface area contributed by atoms with Crippen LogP contribution in [0.3, 0.4) is 0 Å². The van der Waals surface area contributed by atoms with E-state index in [0.29, 0.717) is 0 Å². The molecule has 0 bridgehead atoms. The highest BCUT2D eigenvalue weighted by Gasteiger charge is 2.43. The topological polar surface area (TPSA) is 452 Å². The predicted octanol–water partition coefficient (Wildman–Crippen LogP) is 2.07. The zero-order chi connectivity index (χ0) is 54.7. The van der Waals surface area contributed by atoms with Gasteiger partial charge in [0.25, 0.3) is 0 Å². The number of Topliss-reactive ketones (excluding diaryl/α,β-unsaturated/α-hetero) is 1. The minimum Gasteiger partial charge on any atom is -0.481 e. The molecule has 402 valence electrons. The van der Waals surface area contributed by atoms with Gasteiger partial charge in [0.15, 0.2) is 5.78 Å². The van der Waals surface area contributed by atoms with Crippen molar-refractivity contribution in [3.63, 3.8) is 0 Å². The molecule has 3 amide bonds. The summed E-state index contributed by atoms with van der Waals surface area (Å²) < 4.78 is 0. The molecule has 0 fully saturated rings. The van der Waals surface area contributed by atoms with E-state index >= 15 is 0 Å². The normalized spacial score (nSPS) is 12.5. The van der Waals surface area contributed by atoms with Gasteiger partial charge < -0.3 is 67.2 Å². The average molecular weight is 1030 g/mol. The maximum atomic E-state index is 14.9. The molecular formula is C46H66N4O22. The number of ketones is 1. The van der Waals surface area contributed by atoms with Gasteiger partial charge in [0, 0.05) is 106 Å². The highest BCUT2D eigenvalue weighted by atomic mass is 16.4. The molecule has 72 heavy (non-hydrogen) atoms. The second-order valence-corrected chi connectivity index (χ2v) is 17.9. The SMILES string of the molecule is O=C(O)CCC(CCC(=O)O)(CCC(=O)O)NCCC(=O)C(CCC(=O)NC(CCC(=O)O)(CCC(=O)O)CCC(=O)O)(CCC(=O)NC(CCC(=O)O)(CCC(=O)O)CCC(=O)O)NC(=O)C1=CC=CC1. The molecule has 26 heteroatoms. The van der Waals surface area contributed by atoms with Crippen LogP contribution in [0.15, 0.2) is 23.8 Å². The third-order valence-electron chi connectivity index (χ3n) is 12.5. The van der Waals surface area contributed by atoms with E-state index < -0.39 is 234 Å². The number of amides is 3. The van der Waals surface area contributed by atoms with E-state index in [2.05, 4.69) is 21.3 Å². The molecule has 1 aliphatic carbocycles. The molecular weight excluding hydrogens is 961 g/mol. The predicted molar refractivity (Wildman–Crippen MR) is 245 cm³/mol. The van der Waals surface area contributed by atoms with Gasteiger partial charge in [-0.2, -0.15) is 0 Å². The van der Waals surface area contributed by atoms with E-state index in [4.69, 9.17) is 0 Å². The smallest absolute Gasteiger partial charge is 0.303 e. The van der Waals surface area contributed by atoms with Gasteiger partial charge in [-0.05, 0) is 77.0 Å². The summed E-state index contributed by atoms with van der Waals surface area (Å²) in [6.45, 7) is -0.441. The molecule has 26 nitrogen and oxygen atoms in total. The monoisotopic (exact) mass is 1030 g/mol. The van der Waals surface area contributed by atoms with Crippen LogP contribution in [0.4, 0.5) is 0 Å². The molecule has 0 atom stereocenters. The van der Waals surface area contributed by atoms with Gasteiger partial charge >= 0.3 is 53.7 Å². The van der Waals surface area contributed by atoms with Crippen LogP contribution < -0.4 is 21.3 Å². The van der Waals surface area contributed by atoms with E-state index in [1.54, 1.807) is 6.08 Å². The Morgan fingerprint density at radius 3 is 0.931 bits per heavy atom. The molecule has 0 aromatic heterocycles. The Bertz CT molecular complexity index is 1860. The number of aliphatic carboxylic acids is 9. The minimum absolute atomic E-state index is 0.0520. The van der Waals surface area contributed by atoms with E-state index in [0.717, 1.165) is 0 Å². The van der Waals surface area contributed by atoms with Crippen LogP contribution in [0.25, 0.3) is 0 Å². The number of carbonyl (C=O) groups is 13. The van der Waals surface area contributed by atoms with Gasteiger partial charge in [-0.25, -0.2) is 0 Å². The summed E-state index contributed by atoms with van der Waals surface area (Å²) in [5.41, 5.74) is -7.18. The lowest BCUT2D eigenvalue weighted by Gasteiger charge is -2.38. The number of hydrogen-bond acceptors (Lipinski definition) is 14. The maximum Gasteiger partial charge on any atom is 0.303 e. The van der Waals surface area contributed by atoms with E-state index in [1.165, 1.54) is 12.2 Å². The number of hydrogen-bond donors (Lipinski definition) is 13. The first-order valence-electron chi connectivity index (χ1n) is 23.1. The fourth-order valence-electron chi connectivity index (χ4n) is 8.44. The first-order chi connectivity index (χ1) is 33.6. The van der Waals surface area contributed by atoms with Gasteiger partial charge in [0.05, 0.1) is 5.54 Å². The number of rotatable bonds is 42. The van der Waals surface area contributed by atoms with Crippen LogP contribution in [0.1, 0.15) is 154 Å². The van der Waals surface area contributed by atoms with Crippen LogP contribution in [0, 0.1) is 0 Å². The number of nitrogens with one attached hydrogen (secondary N) is 4. The second kappa shape index (κ2) is 30.5. The molecule has 1 rings (SSSR count). The summed E-state index contributed by atoms with van der Waals surface area (Å²) >= 11 is 0. The summed E-state index contributed by atoms with van der Waals surface area (Å²) in [5, 5.41) is 96.3. The van der Waals surface area contributed by atoms with E-state index in [-0.39, 0.29) is 31.3 Å². The largest absolute Gasteiger partial charge is 0.481 e. The van der Waals surface area contributed by atoms with Crippen LogP contribution in [0.2, 0.25) is 0 Å². The van der Waals surface area contributed by atoms with E-state index in [1.807, 2.05) is 0 Å². The number of carboxylic acids is 9. The van der Waals surface area contributed by atoms with Crippen molar-refractivity contribution >= 4 is 77.2 Å². The third kappa shape index (κ3) is 25.0. The number of carboxylic acid groups (broad SMARTS) is 9. The molecule has 0 heterocycles. The van der Waals surface area contributed by atoms with Gasteiger partial charge in [-0.3, -0.25) is 62.3 Å². The Hall–Kier alpha value is -7.25. The fraction of sp³-hybridized carbons (Fsp3) is 0.630. The zero-order valence-corrected chi connectivity index (χ0v) is 39.7. The standard InChI is InChI=1S/C46H66N4O22/c51-30(16-28-47-43(17-7-33(54)55,18-8-34(56)57)19-9-35(58)59)46(50-42(72)29-3-1-2-4-29,26-5-31(52)48-44(20-10-36(60)61,21-11-37(62)63)22-12-38(64)65)27-6-32(53)49-45(23-13-39(66)67,24-14-40(68)69)25-15-41(70)71/h1-3,47H,4-28H2,(H,48,52)(H,49,53)(H,50,72)(H,54,55)(H,56,57)(H,58,59)(H,60,61)(H,62,63)(H,64,65)(H,66,67)(H,68,69)(H,70,71). The molecule has 0 radical (unpaired) electrons.